The number of hydrogen-bond acceptors (Lipinski definition) is 5. The molecule has 0 saturated heterocycles. The second kappa shape index (κ2) is 17.5. The molecule has 0 spiro atoms. The summed E-state index contributed by atoms with van der Waals surface area (Å²) in [5.74, 6) is 2.51. The Balaban J connectivity index is 0.00000442. The molecule has 240 valence electrons. The van der Waals surface area contributed by atoms with Crippen molar-refractivity contribution < 1.29 is 40.7 Å². The van der Waals surface area contributed by atoms with Gasteiger partial charge in [-0.05, 0) is 41.6 Å². The van der Waals surface area contributed by atoms with E-state index in [4.69, 9.17) is 18.9 Å². The van der Waals surface area contributed by atoms with Crippen molar-refractivity contribution in [2.45, 2.75) is 123 Å². The maximum atomic E-state index is 12.9. The number of aromatic nitrogens is 1. The fourth-order valence-electron chi connectivity index (χ4n) is 6.47. The molecule has 3 aromatic rings. The van der Waals surface area contributed by atoms with E-state index in [1.54, 1.807) is 7.11 Å². The maximum absolute atomic E-state index is 12.9. The first-order chi connectivity index (χ1) is 21.2. The molecule has 44 heavy (non-hydrogen) atoms. The first-order valence-corrected chi connectivity index (χ1v) is 16.9. The number of esters is 1. The molecule has 6 nitrogen and oxygen atoms in total. The van der Waals surface area contributed by atoms with Crippen molar-refractivity contribution in [1.29, 1.82) is 0 Å². The first-order valence-electron chi connectivity index (χ1n) is 16.9. The van der Waals surface area contributed by atoms with Crippen LogP contribution >= 0.6 is 0 Å². The molecule has 2 aromatic carbocycles. The summed E-state index contributed by atoms with van der Waals surface area (Å²) in [5, 5.41) is 1.89. The number of carbonyl (C=O) groups excluding carboxylic acids is 1. The number of aryl methyl sites for hydroxylation is 2. The zero-order chi connectivity index (χ0) is 29.9. The van der Waals surface area contributed by atoms with Crippen LogP contribution < -0.4 is 35.9 Å². The minimum absolute atomic E-state index is 0. The topological polar surface area (TPSA) is 57.9 Å². The highest BCUT2D eigenvalue weighted by Gasteiger charge is 2.29. The average Bonchev–Trinajstić information content (AvgIpc) is 3.49. The lowest BCUT2D eigenvalue weighted by Gasteiger charge is -2.17. The van der Waals surface area contributed by atoms with Crippen LogP contribution in [0.2, 0.25) is 0 Å². The lowest BCUT2D eigenvalue weighted by atomic mass is 9.95. The van der Waals surface area contributed by atoms with E-state index in [9.17, 15) is 4.79 Å². The molecule has 0 aliphatic carbocycles. The SMILES string of the molecule is CCCCCCCCCCCCCCCCCC(=O)Oc1c(OC)ccc2cc3[n+](cc12)CCc1cc2c(cc1-3)OCO2.[Cl-]. The van der Waals surface area contributed by atoms with Crippen molar-refractivity contribution in [3.05, 3.63) is 42.1 Å². The van der Waals surface area contributed by atoms with Gasteiger partial charge >= 0.3 is 5.97 Å². The van der Waals surface area contributed by atoms with Gasteiger partial charge in [0.2, 0.25) is 12.5 Å². The number of methoxy groups -OCH3 is 1. The molecule has 3 heterocycles. The number of halogens is 1. The number of ether oxygens (including phenoxy) is 4. The van der Waals surface area contributed by atoms with Crippen LogP contribution in [-0.2, 0) is 17.8 Å². The predicted molar refractivity (Wildman–Crippen MR) is 171 cm³/mol. The molecule has 0 bridgehead atoms. The van der Waals surface area contributed by atoms with Crippen LogP contribution in [0.15, 0.2) is 36.5 Å². The summed E-state index contributed by atoms with van der Waals surface area (Å²) in [4.78, 5) is 12.9. The summed E-state index contributed by atoms with van der Waals surface area (Å²) >= 11 is 0. The zero-order valence-electron chi connectivity index (χ0n) is 26.8. The van der Waals surface area contributed by atoms with Crippen LogP contribution in [0, 0.1) is 0 Å². The molecule has 0 saturated carbocycles. The lowest BCUT2D eigenvalue weighted by molar-refractivity contribution is -0.686. The molecule has 0 amide bonds. The Kier molecular flexibility index (Phi) is 13.5. The average molecular weight is 624 g/mol. The van der Waals surface area contributed by atoms with Gasteiger partial charge in [-0.3, -0.25) is 4.79 Å². The third kappa shape index (κ3) is 8.80. The van der Waals surface area contributed by atoms with Gasteiger partial charge in [0.15, 0.2) is 35.7 Å². The number of rotatable bonds is 18. The first kappa shape index (κ1) is 33.9. The van der Waals surface area contributed by atoms with Crippen molar-refractivity contribution in [3.63, 3.8) is 0 Å². The molecular weight excluding hydrogens is 574 g/mol. The normalized spacial score (nSPS) is 12.9. The van der Waals surface area contributed by atoms with Gasteiger partial charge in [0.05, 0.1) is 18.1 Å². The van der Waals surface area contributed by atoms with Crippen molar-refractivity contribution >= 4 is 16.7 Å². The number of fused-ring (bicyclic) bond motifs is 5. The molecule has 2 aliphatic rings. The Labute approximate surface area is 269 Å². The third-order valence-corrected chi connectivity index (χ3v) is 9.00. The van der Waals surface area contributed by atoms with Gasteiger partial charge < -0.3 is 31.4 Å². The minimum Gasteiger partial charge on any atom is -1.00 e. The van der Waals surface area contributed by atoms with Crippen LogP contribution in [0.3, 0.4) is 0 Å². The van der Waals surface area contributed by atoms with E-state index in [2.05, 4.69) is 35.9 Å². The quantitative estimate of drug-likeness (QED) is 0.0725. The number of pyridine rings is 1. The molecule has 0 N–H and O–H groups in total. The van der Waals surface area contributed by atoms with E-state index >= 15 is 0 Å². The number of benzene rings is 2. The number of unbranched alkanes of at least 4 members (excludes halogenated alkanes) is 14. The Morgan fingerprint density at radius 1 is 0.818 bits per heavy atom. The highest BCUT2D eigenvalue weighted by Crippen LogP contribution is 2.41. The molecule has 5 rings (SSSR count). The van der Waals surface area contributed by atoms with E-state index in [1.165, 1.54) is 89.0 Å². The fourth-order valence-corrected chi connectivity index (χ4v) is 6.47. The van der Waals surface area contributed by atoms with Crippen LogP contribution in [0.5, 0.6) is 23.0 Å². The Morgan fingerprint density at radius 3 is 2.07 bits per heavy atom. The maximum Gasteiger partial charge on any atom is 0.311 e. The molecule has 0 fully saturated rings. The van der Waals surface area contributed by atoms with E-state index in [-0.39, 0.29) is 25.2 Å². The summed E-state index contributed by atoms with van der Waals surface area (Å²) in [5.41, 5.74) is 3.53. The minimum atomic E-state index is -0.193. The van der Waals surface area contributed by atoms with Gasteiger partial charge in [-0.1, -0.05) is 96.8 Å². The predicted octanol–water partition coefficient (Wildman–Crippen LogP) is 6.26. The van der Waals surface area contributed by atoms with Gasteiger partial charge in [0.25, 0.3) is 0 Å². The highest BCUT2D eigenvalue weighted by atomic mass is 35.5. The van der Waals surface area contributed by atoms with Crippen LogP contribution in [0.25, 0.3) is 22.0 Å². The Hall–Kier alpha value is -2.99. The van der Waals surface area contributed by atoms with Gasteiger partial charge in [-0.25, -0.2) is 0 Å². The highest BCUT2D eigenvalue weighted by molar-refractivity contribution is 5.93. The molecular formula is C37H50ClNO5. The summed E-state index contributed by atoms with van der Waals surface area (Å²) in [7, 11) is 1.62. The number of nitrogens with zero attached hydrogens (tertiary/aromatic N) is 1. The van der Waals surface area contributed by atoms with E-state index in [0.717, 1.165) is 59.3 Å². The van der Waals surface area contributed by atoms with Crippen molar-refractivity contribution in [2.75, 3.05) is 13.9 Å². The molecule has 0 radical (unpaired) electrons. The molecule has 2 aliphatic heterocycles. The van der Waals surface area contributed by atoms with Crippen LogP contribution in [0.4, 0.5) is 0 Å². The largest absolute Gasteiger partial charge is 1.00 e. The van der Waals surface area contributed by atoms with Crippen LogP contribution in [-0.4, -0.2) is 19.9 Å². The van der Waals surface area contributed by atoms with E-state index in [0.29, 0.717) is 17.9 Å². The van der Waals surface area contributed by atoms with Crippen LogP contribution in [0.1, 0.15) is 115 Å². The van der Waals surface area contributed by atoms with Crippen molar-refractivity contribution in [3.8, 4) is 34.3 Å². The Bertz CT molecular complexity index is 1370. The summed E-state index contributed by atoms with van der Waals surface area (Å²) in [6.07, 6.45) is 23.0. The summed E-state index contributed by atoms with van der Waals surface area (Å²) in [6.45, 7) is 3.38. The molecule has 0 unspecified atom stereocenters. The second-order valence-electron chi connectivity index (χ2n) is 12.2. The summed E-state index contributed by atoms with van der Waals surface area (Å²) in [6, 6.07) is 10.3. The molecule has 1 aromatic heterocycles. The number of hydrogen-bond donors (Lipinski definition) is 0. The smallest absolute Gasteiger partial charge is 0.311 e. The van der Waals surface area contributed by atoms with Crippen molar-refractivity contribution in [1.82, 2.24) is 0 Å². The van der Waals surface area contributed by atoms with Crippen molar-refractivity contribution in [2.24, 2.45) is 0 Å². The van der Waals surface area contributed by atoms with E-state index in [1.807, 2.05) is 12.1 Å². The Morgan fingerprint density at radius 2 is 1.43 bits per heavy atom. The fraction of sp³-hybridized carbons (Fsp3) is 0.568. The standard InChI is InChI=1S/C37H50NO5.ClH/c1-3-4-5-6-7-8-9-10-11-12-13-14-15-16-17-18-36(39)43-37-31-26-38-22-21-29-24-34-35(42-27-41-34)25-30(29)32(38)23-28(31)19-20-33(37)40-2;/h19-20,23-26H,3-18,21-22,27H2,1-2H3;1H/q+1;/p-1. The van der Waals surface area contributed by atoms with Gasteiger partial charge in [-0.2, -0.15) is 4.57 Å². The summed E-state index contributed by atoms with van der Waals surface area (Å²) < 4.78 is 25.1. The monoisotopic (exact) mass is 623 g/mol. The van der Waals surface area contributed by atoms with E-state index < -0.39 is 0 Å². The van der Waals surface area contributed by atoms with Gasteiger partial charge in [0.1, 0.15) is 0 Å². The van der Waals surface area contributed by atoms with Gasteiger partial charge in [0, 0.05) is 18.9 Å². The lowest BCUT2D eigenvalue weighted by Crippen LogP contribution is -3.00. The molecule has 7 heteroatoms. The molecule has 0 atom stereocenters. The third-order valence-electron chi connectivity index (χ3n) is 9.00. The van der Waals surface area contributed by atoms with Gasteiger partial charge in [-0.15, -0.1) is 0 Å². The second-order valence-corrected chi connectivity index (χ2v) is 12.2. The zero-order valence-corrected chi connectivity index (χ0v) is 27.5. The number of carbonyl (C=O) groups is 1.